The van der Waals surface area contributed by atoms with Gasteiger partial charge in [0.15, 0.2) is 0 Å². The van der Waals surface area contributed by atoms with Gasteiger partial charge in [0.25, 0.3) is 0 Å². The summed E-state index contributed by atoms with van der Waals surface area (Å²) in [6, 6.07) is 5.50. The molecule has 3 heteroatoms. The molecule has 1 atom stereocenters. The Balaban J connectivity index is 2.86. The number of allylic oxidation sites excluding steroid dienone is 1. The topological polar surface area (TPSA) is 12.0 Å². The van der Waals surface area contributed by atoms with Gasteiger partial charge in [-0.2, -0.15) is 0 Å². The lowest BCUT2D eigenvalue weighted by atomic mass is 10.0. The van der Waals surface area contributed by atoms with E-state index in [1.165, 1.54) is 0 Å². The van der Waals surface area contributed by atoms with E-state index in [2.05, 4.69) is 34.7 Å². The van der Waals surface area contributed by atoms with Crippen molar-refractivity contribution in [1.82, 2.24) is 5.32 Å². The Bertz CT molecular complexity index is 365. The zero-order valence-corrected chi connectivity index (χ0v) is 11.8. The smallest absolute Gasteiger partial charge is 0.142 e. The quantitative estimate of drug-likeness (QED) is 0.726. The molecule has 17 heavy (non-hydrogen) atoms. The first-order valence-corrected chi connectivity index (χ1v) is 6.78. The summed E-state index contributed by atoms with van der Waals surface area (Å²) in [5, 5.41) is 3.38. The van der Waals surface area contributed by atoms with Crippen LogP contribution in [0.25, 0.3) is 0 Å². The van der Waals surface area contributed by atoms with Crippen molar-refractivity contribution in [3.8, 4) is 0 Å². The largest absolute Gasteiger partial charge is 0.310 e. The number of nitrogens with one attached hydrogen (secondary N) is 1. The summed E-state index contributed by atoms with van der Waals surface area (Å²) in [4.78, 5) is 0. The third-order valence-electron chi connectivity index (χ3n) is 2.66. The second kappa shape index (κ2) is 7.62. The van der Waals surface area contributed by atoms with Crippen LogP contribution in [0.2, 0.25) is 0 Å². The van der Waals surface area contributed by atoms with Gasteiger partial charge in [-0.25, -0.2) is 4.39 Å². The van der Waals surface area contributed by atoms with Crippen LogP contribution in [0.4, 0.5) is 4.39 Å². The molecular formula is C14H19BrFN. The maximum atomic E-state index is 14.0. The Morgan fingerprint density at radius 1 is 1.53 bits per heavy atom. The molecule has 0 aliphatic heterocycles. The maximum absolute atomic E-state index is 14.0. The van der Waals surface area contributed by atoms with E-state index >= 15 is 0 Å². The molecule has 1 nitrogen and oxygen atoms in total. The fourth-order valence-corrected chi connectivity index (χ4v) is 2.14. The summed E-state index contributed by atoms with van der Waals surface area (Å²) in [5.74, 6) is -0.162. The summed E-state index contributed by atoms with van der Waals surface area (Å²) in [7, 11) is 0. The zero-order valence-electron chi connectivity index (χ0n) is 10.2. The van der Waals surface area contributed by atoms with Crippen molar-refractivity contribution in [3.63, 3.8) is 0 Å². The third kappa shape index (κ3) is 4.25. The molecule has 1 aromatic rings. The Morgan fingerprint density at radius 3 is 2.94 bits per heavy atom. The standard InChI is InChI=1S/C14H19BrFN/c1-3-5-9-13(17-10-4-2)11-7-6-8-12(15)14(11)16/h3,6-8,13,17H,1,4-5,9-10H2,2H3. The molecule has 0 heterocycles. The third-order valence-corrected chi connectivity index (χ3v) is 3.27. The van der Waals surface area contributed by atoms with E-state index in [-0.39, 0.29) is 11.9 Å². The monoisotopic (exact) mass is 299 g/mol. The average molecular weight is 300 g/mol. The van der Waals surface area contributed by atoms with Gasteiger partial charge in [0, 0.05) is 11.6 Å². The molecule has 0 saturated carbocycles. The van der Waals surface area contributed by atoms with E-state index in [4.69, 9.17) is 0 Å². The van der Waals surface area contributed by atoms with Crippen LogP contribution in [0.15, 0.2) is 35.3 Å². The lowest BCUT2D eigenvalue weighted by Gasteiger charge is -2.19. The molecule has 0 aromatic heterocycles. The molecule has 0 aliphatic carbocycles. The molecule has 0 radical (unpaired) electrons. The van der Waals surface area contributed by atoms with E-state index in [1.54, 1.807) is 6.07 Å². The number of rotatable bonds is 7. The van der Waals surface area contributed by atoms with Gasteiger partial charge >= 0.3 is 0 Å². The normalized spacial score (nSPS) is 12.4. The first-order valence-electron chi connectivity index (χ1n) is 5.98. The Kier molecular flexibility index (Phi) is 6.45. The highest BCUT2D eigenvalue weighted by Gasteiger charge is 2.15. The van der Waals surface area contributed by atoms with E-state index in [9.17, 15) is 4.39 Å². The first kappa shape index (κ1) is 14.4. The van der Waals surface area contributed by atoms with Crippen molar-refractivity contribution in [2.75, 3.05) is 6.54 Å². The lowest BCUT2D eigenvalue weighted by molar-refractivity contribution is 0.475. The first-order chi connectivity index (χ1) is 8.20. The van der Waals surface area contributed by atoms with Crippen LogP contribution in [0.3, 0.4) is 0 Å². The highest BCUT2D eigenvalue weighted by Crippen LogP contribution is 2.26. The highest BCUT2D eigenvalue weighted by molar-refractivity contribution is 9.10. The van der Waals surface area contributed by atoms with Crippen LogP contribution in [0, 0.1) is 5.82 Å². The van der Waals surface area contributed by atoms with E-state index in [1.807, 2.05) is 18.2 Å². The van der Waals surface area contributed by atoms with E-state index in [0.717, 1.165) is 31.4 Å². The molecule has 0 bridgehead atoms. The molecular weight excluding hydrogens is 281 g/mol. The van der Waals surface area contributed by atoms with Crippen LogP contribution in [-0.4, -0.2) is 6.54 Å². The zero-order chi connectivity index (χ0) is 12.7. The molecule has 94 valence electrons. The van der Waals surface area contributed by atoms with Crippen LogP contribution in [-0.2, 0) is 0 Å². The van der Waals surface area contributed by atoms with Crippen LogP contribution < -0.4 is 5.32 Å². The van der Waals surface area contributed by atoms with Gasteiger partial charge in [0.2, 0.25) is 0 Å². The number of hydrogen-bond acceptors (Lipinski definition) is 1. The van der Waals surface area contributed by atoms with Crippen molar-refractivity contribution < 1.29 is 4.39 Å². The molecule has 0 aliphatic rings. The Labute approximate surface area is 111 Å². The Hall–Kier alpha value is -0.670. The van der Waals surface area contributed by atoms with Crippen LogP contribution >= 0.6 is 15.9 Å². The minimum atomic E-state index is -0.162. The van der Waals surface area contributed by atoms with E-state index in [0.29, 0.717) is 4.47 Å². The van der Waals surface area contributed by atoms with Crippen molar-refractivity contribution in [3.05, 3.63) is 46.7 Å². The van der Waals surface area contributed by atoms with Gasteiger partial charge in [0.05, 0.1) is 4.47 Å². The summed E-state index contributed by atoms with van der Waals surface area (Å²) >= 11 is 3.23. The lowest BCUT2D eigenvalue weighted by Crippen LogP contribution is -2.23. The number of halogens is 2. The van der Waals surface area contributed by atoms with Crippen molar-refractivity contribution in [1.29, 1.82) is 0 Å². The summed E-state index contributed by atoms with van der Waals surface area (Å²) < 4.78 is 14.5. The SMILES string of the molecule is C=CCCC(NCCC)c1cccc(Br)c1F. The van der Waals surface area contributed by atoms with Gasteiger partial charge in [-0.1, -0.05) is 25.1 Å². The number of benzene rings is 1. The van der Waals surface area contributed by atoms with Gasteiger partial charge in [-0.3, -0.25) is 0 Å². The molecule has 0 fully saturated rings. The maximum Gasteiger partial charge on any atom is 0.142 e. The molecule has 0 amide bonds. The van der Waals surface area contributed by atoms with Gasteiger partial charge in [-0.05, 0) is 47.8 Å². The molecule has 1 unspecified atom stereocenters. The predicted molar refractivity (Wildman–Crippen MR) is 74.6 cm³/mol. The molecule has 1 aromatic carbocycles. The highest BCUT2D eigenvalue weighted by atomic mass is 79.9. The van der Waals surface area contributed by atoms with Crippen molar-refractivity contribution in [2.24, 2.45) is 0 Å². The Morgan fingerprint density at radius 2 is 2.29 bits per heavy atom. The average Bonchev–Trinajstić information content (AvgIpc) is 2.34. The molecule has 0 saturated heterocycles. The minimum absolute atomic E-state index is 0.0606. The minimum Gasteiger partial charge on any atom is -0.310 e. The fourth-order valence-electron chi connectivity index (χ4n) is 1.76. The second-order valence-electron chi connectivity index (χ2n) is 4.02. The second-order valence-corrected chi connectivity index (χ2v) is 4.87. The van der Waals surface area contributed by atoms with Crippen LogP contribution in [0.5, 0.6) is 0 Å². The molecule has 0 spiro atoms. The fraction of sp³-hybridized carbons (Fsp3) is 0.429. The van der Waals surface area contributed by atoms with Gasteiger partial charge in [-0.15, -0.1) is 6.58 Å². The van der Waals surface area contributed by atoms with Crippen LogP contribution in [0.1, 0.15) is 37.8 Å². The summed E-state index contributed by atoms with van der Waals surface area (Å²) in [6.45, 7) is 6.72. The summed E-state index contributed by atoms with van der Waals surface area (Å²) in [5.41, 5.74) is 0.731. The number of hydrogen-bond donors (Lipinski definition) is 1. The van der Waals surface area contributed by atoms with Gasteiger partial charge in [0.1, 0.15) is 5.82 Å². The predicted octanol–water partition coefficient (Wildman–Crippen LogP) is 4.60. The molecule has 1 N–H and O–H groups in total. The van der Waals surface area contributed by atoms with Crippen molar-refractivity contribution >= 4 is 15.9 Å². The summed E-state index contributed by atoms with van der Waals surface area (Å²) in [6.07, 6.45) is 4.67. The van der Waals surface area contributed by atoms with Gasteiger partial charge < -0.3 is 5.32 Å². The molecule has 1 rings (SSSR count). The van der Waals surface area contributed by atoms with Crippen molar-refractivity contribution in [2.45, 2.75) is 32.2 Å². The van der Waals surface area contributed by atoms with E-state index < -0.39 is 0 Å².